The molecule has 0 amide bonds. The molecule has 7 heteroatoms. The monoisotopic (exact) mass is 327 g/mol. The topological polar surface area (TPSA) is 72.9 Å². The second-order valence-electron chi connectivity index (χ2n) is 5.13. The molecule has 0 spiro atoms. The van der Waals surface area contributed by atoms with Crippen molar-refractivity contribution in [3.63, 3.8) is 0 Å². The lowest BCUT2D eigenvalue weighted by Gasteiger charge is -2.30. The molecule has 1 fully saturated rings. The summed E-state index contributed by atoms with van der Waals surface area (Å²) in [5, 5.41) is 0. The molecule has 0 saturated carbocycles. The third-order valence-electron chi connectivity index (χ3n) is 3.69. The molecule has 1 heterocycles. The van der Waals surface area contributed by atoms with Gasteiger partial charge in [0.15, 0.2) is 0 Å². The number of carbonyl (C=O) groups excluding carboxylic acids is 1. The molecule has 6 nitrogen and oxygen atoms in total. The van der Waals surface area contributed by atoms with Crippen LogP contribution < -0.4 is 4.74 Å². The number of ether oxygens (including phenoxy) is 2. The maximum atomic E-state index is 12.6. The smallest absolute Gasteiger partial charge is 0.309 e. The first-order chi connectivity index (χ1) is 10.5. The van der Waals surface area contributed by atoms with Crippen molar-refractivity contribution in [1.82, 2.24) is 4.31 Å². The summed E-state index contributed by atoms with van der Waals surface area (Å²) < 4.78 is 36.7. The molecule has 22 heavy (non-hydrogen) atoms. The molecule has 0 aliphatic carbocycles. The van der Waals surface area contributed by atoms with Gasteiger partial charge in [0.05, 0.1) is 24.5 Å². The predicted molar refractivity (Wildman–Crippen MR) is 81.1 cm³/mol. The number of esters is 1. The summed E-state index contributed by atoms with van der Waals surface area (Å²) in [5.41, 5.74) is 0. The van der Waals surface area contributed by atoms with Crippen molar-refractivity contribution >= 4 is 16.0 Å². The zero-order chi connectivity index (χ0) is 16.2. The van der Waals surface area contributed by atoms with Gasteiger partial charge in [0.2, 0.25) is 10.0 Å². The van der Waals surface area contributed by atoms with E-state index in [1.165, 1.54) is 23.5 Å². The second-order valence-corrected chi connectivity index (χ2v) is 7.07. The quantitative estimate of drug-likeness (QED) is 0.769. The van der Waals surface area contributed by atoms with E-state index in [4.69, 9.17) is 9.47 Å². The Morgan fingerprint density at radius 3 is 2.59 bits per heavy atom. The molecule has 1 aromatic rings. The van der Waals surface area contributed by atoms with Crippen LogP contribution in [0.2, 0.25) is 0 Å². The second kappa shape index (κ2) is 7.11. The number of hydrogen-bond acceptors (Lipinski definition) is 5. The van der Waals surface area contributed by atoms with E-state index in [1.54, 1.807) is 12.1 Å². The molecule has 0 bridgehead atoms. The van der Waals surface area contributed by atoms with Gasteiger partial charge in [-0.15, -0.1) is 0 Å². The summed E-state index contributed by atoms with van der Waals surface area (Å²) in [4.78, 5) is 11.8. The maximum absolute atomic E-state index is 12.6. The van der Waals surface area contributed by atoms with E-state index in [0.717, 1.165) is 0 Å². The highest BCUT2D eigenvalue weighted by atomic mass is 32.2. The highest BCUT2D eigenvalue weighted by Gasteiger charge is 2.33. The third kappa shape index (κ3) is 3.59. The highest BCUT2D eigenvalue weighted by molar-refractivity contribution is 7.89. The van der Waals surface area contributed by atoms with Gasteiger partial charge in [0.25, 0.3) is 0 Å². The molecule has 1 aromatic carbocycles. The number of sulfonamides is 1. The van der Waals surface area contributed by atoms with Gasteiger partial charge < -0.3 is 9.47 Å². The number of carbonyl (C=O) groups is 1. The van der Waals surface area contributed by atoms with E-state index in [9.17, 15) is 13.2 Å². The highest BCUT2D eigenvalue weighted by Crippen LogP contribution is 2.25. The number of hydrogen-bond donors (Lipinski definition) is 0. The lowest BCUT2D eigenvalue weighted by Crippen LogP contribution is -2.42. The number of methoxy groups -OCH3 is 1. The maximum Gasteiger partial charge on any atom is 0.309 e. The largest absolute Gasteiger partial charge is 0.494 e. The van der Waals surface area contributed by atoms with E-state index < -0.39 is 15.9 Å². The molecule has 1 unspecified atom stereocenters. The van der Waals surface area contributed by atoms with Gasteiger partial charge in [0, 0.05) is 13.1 Å². The van der Waals surface area contributed by atoms with E-state index in [1.807, 2.05) is 6.92 Å². The Morgan fingerprint density at radius 2 is 2.00 bits per heavy atom. The molecule has 1 atom stereocenters. The number of piperidine rings is 1. The van der Waals surface area contributed by atoms with E-state index in [0.29, 0.717) is 31.7 Å². The normalized spacial score (nSPS) is 19.6. The Kier molecular flexibility index (Phi) is 5.42. The Balaban J connectivity index is 2.16. The van der Waals surface area contributed by atoms with Crippen LogP contribution in [0.3, 0.4) is 0 Å². The van der Waals surface area contributed by atoms with Gasteiger partial charge in [0.1, 0.15) is 5.75 Å². The summed E-state index contributed by atoms with van der Waals surface area (Å²) >= 11 is 0. The van der Waals surface area contributed by atoms with Crippen LogP contribution in [0.5, 0.6) is 5.75 Å². The van der Waals surface area contributed by atoms with Crippen LogP contribution in [0.25, 0.3) is 0 Å². The summed E-state index contributed by atoms with van der Waals surface area (Å²) in [5.74, 6) is -0.115. The minimum atomic E-state index is -3.60. The fraction of sp³-hybridized carbons (Fsp3) is 0.533. The van der Waals surface area contributed by atoms with Gasteiger partial charge in [-0.1, -0.05) is 0 Å². The van der Waals surface area contributed by atoms with Gasteiger partial charge in [-0.05, 0) is 44.0 Å². The summed E-state index contributed by atoms with van der Waals surface area (Å²) in [6.07, 6.45) is 1.30. The Bertz CT molecular complexity index is 611. The first-order valence-electron chi connectivity index (χ1n) is 7.30. The minimum Gasteiger partial charge on any atom is -0.494 e. The van der Waals surface area contributed by atoms with Crippen LogP contribution in [0.1, 0.15) is 19.8 Å². The molecular weight excluding hydrogens is 306 g/mol. The standard InChI is InChI=1S/C15H21NO5S/c1-3-21-13-6-8-14(9-7-13)22(18,19)16-10-4-5-12(11-16)15(17)20-2/h6-9,12H,3-5,10-11H2,1-2H3. The van der Waals surface area contributed by atoms with Crippen molar-refractivity contribution in [2.45, 2.75) is 24.7 Å². The predicted octanol–water partition coefficient (Wildman–Crippen LogP) is 1.66. The van der Waals surface area contributed by atoms with Crippen LogP contribution in [-0.2, 0) is 19.6 Å². The Morgan fingerprint density at radius 1 is 1.32 bits per heavy atom. The Hall–Kier alpha value is -1.60. The zero-order valence-corrected chi connectivity index (χ0v) is 13.6. The van der Waals surface area contributed by atoms with Crippen molar-refractivity contribution in [3.8, 4) is 5.75 Å². The first kappa shape index (κ1) is 16.8. The molecular formula is C15H21NO5S. The molecule has 2 rings (SSSR count). The SMILES string of the molecule is CCOc1ccc(S(=O)(=O)N2CCCC(C(=O)OC)C2)cc1. The van der Waals surface area contributed by atoms with Crippen LogP contribution >= 0.6 is 0 Å². The number of nitrogens with zero attached hydrogens (tertiary/aromatic N) is 1. The summed E-state index contributed by atoms with van der Waals surface area (Å²) in [7, 11) is -2.28. The van der Waals surface area contributed by atoms with Gasteiger partial charge >= 0.3 is 5.97 Å². The average Bonchev–Trinajstić information content (AvgIpc) is 2.55. The van der Waals surface area contributed by atoms with Crippen molar-refractivity contribution in [1.29, 1.82) is 0 Å². The van der Waals surface area contributed by atoms with E-state index in [2.05, 4.69) is 0 Å². The van der Waals surface area contributed by atoms with Crippen LogP contribution in [0.15, 0.2) is 29.2 Å². The van der Waals surface area contributed by atoms with Gasteiger partial charge in [-0.2, -0.15) is 4.31 Å². The summed E-state index contributed by atoms with van der Waals surface area (Å²) in [6.45, 7) is 2.98. The molecule has 122 valence electrons. The molecule has 1 aliphatic rings. The molecule has 1 saturated heterocycles. The number of benzene rings is 1. The van der Waals surface area contributed by atoms with Crippen molar-refractivity contribution in [2.24, 2.45) is 5.92 Å². The molecule has 0 aromatic heterocycles. The van der Waals surface area contributed by atoms with E-state index in [-0.39, 0.29) is 17.4 Å². The van der Waals surface area contributed by atoms with Crippen LogP contribution in [-0.4, -0.2) is 45.5 Å². The lowest BCUT2D eigenvalue weighted by molar-refractivity contribution is -0.146. The number of rotatable bonds is 5. The molecule has 0 radical (unpaired) electrons. The minimum absolute atomic E-state index is 0.169. The van der Waals surface area contributed by atoms with Crippen molar-refractivity contribution in [3.05, 3.63) is 24.3 Å². The third-order valence-corrected chi connectivity index (χ3v) is 5.57. The van der Waals surface area contributed by atoms with Gasteiger partial charge in [-0.25, -0.2) is 8.42 Å². The van der Waals surface area contributed by atoms with Gasteiger partial charge in [-0.3, -0.25) is 4.79 Å². The molecule has 0 N–H and O–H groups in total. The zero-order valence-electron chi connectivity index (χ0n) is 12.8. The lowest BCUT2D eigenvalue weighted by atomic mass is 10.0. The van der Waals surface area contributed by atoms with E-state index >= 15 is 0 Å². The van der Waals surface area contributed by atoms with Crippen molar-refractivity contribution < 1.29 is 22.7 Å². The summed E-state index contributed by atoms with van der Waals surface area (Å²) in [6, 6.07) is 6.33. The fourth-order valence-corrected chi connectivity index (χ4v) is 4.07. The van der Waals surface area contributed by atoms with Crippen LogP contribution in [0.4, 0.5) is 0 Å². The average molecular weight is 327 g/mol. The molecule has 1 aliphatic heterocycles. The fourth-order valence-electron chi connectivity index (χ4n) is 2.54. The van der Waals surface area contributed by atoms with Crippen LogP contribution in [0, 0.1) is 5.92 Å². The first-order valence-corrected chi connectivity index (χ1v) is 8.74. The van der Waals surface area contributed by atoms with Crippen molar-refractivity contribution in [2.75, 3.05) is 26.8 Å². The Labute approximate surface area is 131 Å².